The van der Waals surface area contributed by atoms with Gasteiger partial charge in [-0.25, -0.2) is 0 Å². The molecule has 1 amide bonds. The Morgan fingerprint density at radius 1 is 1.11 bits per heavy atom. The maximum absolute atomic E-state index is 13.6. The van der Waals surface area contributed by atoms with Gasteiger partial charge in [0.15, 0.2) is 5.75 Å². The van der Waals surface area contributed by atoms with Crippen LogP contribution in [0.2, 0.25) is 5.02 Å². The summed E-state index contributed by atoms with van der Waals surface area (Å²) in [6.45, 7) is 1.79. The zero-order valence-electron chi connectivity index (χ0n) is 20.3. The van der Waals surface area contributed by atoms with Gasteiger partial charge in [-0.2, -0.15) is 0 Å². The molecule has 2 atom stereocenters. The van der Waals surface area contributed by atoms with E-state index in [1.807, 2.05) is 24.3 Å². The van der Waals surface area contributed by atoms with Gasteiger partial charge in [0.25, 0.3) is 0 Å². The summed E-state index contributed by atoms with van der Waals surface area (Å²) < 4.78 is 16.7. The van der Waals surface area contributed by atoms with Crippen LogP contribution in [-0.4, -0.2) is 37.3 Å². The molecule has 2 aromatic rings. The minimum atomic E-state index is -1.73. The number of hydrogen-bond acceptors (Lipinski definition) is 7. The third kappa shape index (κ3) is 3.80. The van der Waals surface area contributed by atoms with E-state index in [2.05, 4.69) is 10.6 Å². The highest BCUT2D eigenvalue weighted by molar-refractivity contribution is 6.36. The quantitative estimate of drug-likeness (QED) is 0.526. The van der Waals surface area contributed by atoms with Crippen molar-refractivity contribution in [2.75, 3.05) is 24.9 Å². The first-order valence-electron chi connectivity index (χ1n) is 11.9. The summed E-state index contributed by atoms with van der Waals surface area (Å²) in [6.07, 6.45) is 4.72. The molecule has 1 spiro atoms. The van der Waals surface area contributed by atoms with Gasteiger partial charge in [0, 0.05) is 41.1 Å². The second-order valence-corrected chi connectivity index (χ2v) is 9.81. The lowest BCUT2D eigenvalue weighted by Gasteiger charge is -2.35. The first kappa shape index (κ1) is 24.2. The second-order valence-electron chi connectivity index (χ2n) is 9.43. The molecule has 1 heterocycles. The van der Waals surface area contributed by atoms with Crippen LogP contribution in [0, 0.1) is 11.8 Å². The molecule has 0 aromatic heterocycles. The Hall–Kier alpha value is -3.52. The van der Waals surface area contributed by atoms with E-state index in [0.29, 0.717) is 17.8 Å². The molecular formula is C27H27ClN2O6. The lowest BCUT2D eigenvalue weighted by molar-refractivity contribution is -0.129. The van der Waals surface area contributed by atoms with Gasteiger partial charge in [-0.15, -0.1) is 0 Å². The summed E-state index contributed by atoms with van der Waals surface area (Å²) in [5, 5.41) is 6.33. The molecule has 9 heteroatoms. The second kappa shape index (κ2) is 9.17. The monoisotopic (exact) mass is 510 g/mol. The zero-order valence-corrected chi connectivity index (χ0v) is 21.0. The highest BCUT2D eigenvalue weighted by Crippen LogP contribution is 2.53. The topological polar surface area (TPSA) is 103 Å². The van der Waals surface area contributed by atoms with Crippen LogP contribution < -0.4 is 24.8 Å². The third-order valence-corrected chi connectivity index (χ3v) is 7.58. The van der Waals surface area contributed by atoms with Crippen molar-refractivity contribution in [1.29, 1.82) is 0 Å². The maximum atomic E-state index is 13.6. The van der Waals surface area contributed by atoms with E-state index in [4.69, 9.17) is 25.8 Å². The highest BCUT2D eigenvalue weighted by atomic mass is 35.5. The Morgan fingerprint density at radius 2 is 1.83 bits per heavy atom. The number of ether oxygens (including phenoxy) is 3. The van der Waals surface area contributed by atoms with E-state index in [-0.39, 0.29) is 39.7 Å². The lowest BCUT2D eigenvalue weighted by atomic mass is 9.74. The number of rotatable bonds is 6. The van der Waals surface area contributed by atoms with Crippen molar-refractivity contribution < 1.29 is 28.6 Å². The minimum Gasteiger partial charge on any atom is -0.496 e. The molecule has 5 rings (SSSR count). The molecule has 36 heavy (non-hydrogen) atoms. The van der Waals surface area contributed by atoms with Crippen molar-refractivity contribution in [2.45, 2.75) is 38.2 Å². The largest absolute Gasteiger partial charge is 0.496 e. The Balaban J connectivity index is 1.39. The highest BCUT2D eigenvalue weighted by Gasteiger charge is 2.60. The van der Waals surface area contributed by atoms with Gasteiger partial charge in [0.1, 0.15) is 22.1 Å². The van der Waals surface area contributed by atoms with Gasteiger partial charge in [-0.1, -0.05) is 31.0 Å². The minimum absolute atomic E-state index is 0.0307. The molecule has 1 aliphatic heterocycles. The molecular weight excluding hydrogens is 484 g/mol. The van der Waals surface area contributed by atoms with Crippen molar-refractivity contribution in [3.63, 3.8) is 0 Å². The zero-order chi connectivity index (χ0) is 25.6. The van der Waals surface area contributed by atoms with E-state index in [1.165, 1.54) is 26.4 Å². The lowest BCUT2D eigenvalue weighted by Crippen LogP contribution is -2.55. The molecule has 1 fully saturated rings. The summed E-state index contributed by atoms with van der Waals surface area (Å²) in [4.78, 5) is 39.4. The Bertz CT molecular complexity index is 1300. The van der Waals surface area contributed by atoms with E-state index in [0.717, 1.165) is 24.9 Å². The van der Waals surface area contributed by atoms with E-state index < -0.39 is 23.1 Å². The van der Waals surface area contributed by atoms with E-state index in [9.17, 15) is 14.4 Å². The van der Waals surface area contributed by atoms with E-state index in [1.54, 1.807) is 6.92 Å². The average molecular weight is 511 g/mol. The molecule has 0 bridgehead atoms. The number of fused-ring (bicyclic) bond motifs is 1. The summed E-state index contributed by atoms with van der Waals surface area (Å²) >= 11 is 6.44. The van der Waals surface area contributed by atoms with Crippen molar-refractivity contribution in [3.05, 3.63) is 52.7 Å². The molecule has 0 saturated heterocycles. The summed E-state index contributed by atoms with van der Waals surface area (Å²) in [7, 11) is 2.88. The molecule has 3 aliphatic rings. The summed E-state index contributed by atoms with van der Waals surface area (Å²) in [6, 6.07) is 8.84. The van der Waals surface area contributed by atoms with Crippen molar-refractivity contribution in [1.82, 2.24) is 0 Å². The van der Waals surface area contributed by atoms with Crippen molar-refractivity contribution >= 4 is 40.4 Å². The molecule has 2 aliphatic carbocycles. The van der Waals surface area contributed by atoms with Gasteiger partial charge >= 0.3 is 0 Å². The number of halogens is 1. The van der Waals surface area contributed by atoms with Crippen LogP contribution in [0.3, 0.4) is 0 Å². The first-order chi connectivity index (χ1) is 17.3. The third-order valence-electron chi connectivity index (χ3n) is 7.22. The predicted molar refractivity (Wildman–Crippen MR) is 135 cm³/mol. The number of benzene rings is 2. The number of amides is 1. The van der Waals surface area contributed by atoms with Gasteiger partial charge < -0.3 is 24.8 Å². The van der Waals surface area contributed by atoms with E-state index >= 15 is 0 Å². The SMILES string of the molecule is COc1cc(OC)c2c(c1Cl)O[C@@]1(C(=O)C=C(Nc3cccc(NC(=O)C4CCC4)c3)C[C@H]1C)C2=O. The van der Waals surface area contributed by atoms with Crippen LogP contribution in [0.15, 0.2) is 42.1 Å². The fourth-order valence-electron chi connectivity index (χ4n) is 4.99. The standard InChI is InChI=1S/C27H27ClN2O6/c1-14-10-18(29-16-8-5-9-17(11-16)30-26(33)15-6-4-7-15)12-21(31)27(14)25(32)22-19(34-2)13-20(35-3)23(28)24(22)36-27/h5,8-9,11-15,29H,4,6-7,10H2,1-3H3,(H,30,33)/t14-,27+/m1/s1. The van der Waals surface area contributed by atoms with Crippen LogP contribution in [0.1, 0.15) is 43.0 Å². The fourth-order valence-corrected chi connectivity index (χ4v) is 5.26. The Kier molecular flexibility index (Phi) is 6.16. The average Bonchev–Trinajstić information content (AvgIpc) is 3.12. The number of carbonyl (C=O) groups excluding carboxylic acids is 3. The van der Waals surface area contributed by atoms with Crippen LogP contribution >= 0.6 is 11.6 Å². The molecule has 188 valence electrons. The number of Topliss-reactive ketones (excluding diaryl/α,β-unsaturated/α-hetero) is 1. The van der Waals surface area contributed by atoms with Crippen molar-refractivity contribution in [2.24, 2.45) is 11.8 Å². The van der Waals surface area contributed by atoms with Crippen LogP contribution in [-0.2, 0) is 9.59 Å². The molecule has 0 radical (unpaired) electrons. The van der Waals surface area contributed by atoms with Crippen LogP contribution in [0.5, 0.6) is 17.2 Å². The summed E-state index contributed by atoms with van der Waals surface area (Å²) in [5.41, 5.74) is 0.464. The fraction of sp³-hybridized carbons (Fsp3) is 0.370. The number of carbonyl (C=O) groups is 3. The Labute approximate surface area is 213 Å². The number of hydrogen-bond donors (Lipinski definition) is 2. The Morgan fingerprint density at radius 3 is 2.47 bits per heavy atom. The molecule has 2 aromatic carbocycles. The number of ketones is 2. The van der Waals surface area contributed by atoms with Gasteiger partial charge in [-0.05, 0) is 37.5 Å². The number of methoxy groups -OCH3 is 2. The number of allylic oxidation sites excluding steroid dienone is 1. The van der Waals surface area contributed by atoms with Crippen LogP contribution in [0.25, 0.3) is 0 Å². The smallest absolute Gasteiger partial charge is 0.236 e. The van der Waals surface area contributed by atoms with Gasteiger partial charge in [0.2, 0.25) is 23.1 Å². The van der Waals surface area contributed by atoms with Crippen molar-refractivity contribution in [3.8, 4) is 17.2 Å². The normalized spacial score (nSPS) is 22.9. The molecule has 2 N–H and O–H groups in total. The molecule has 0 unspecified atom stereocenters. The molecule has 1 saturated carbocycles. The predicted octanol–water partition coefficient (Wildman–Crippen LogP) is 5.01. The maximum Gasteiger partial charge on any atom is 0.236 e. The first-order valence-corrected chi connectivity index (χ1v) is 12.3. The number of nitrogens with one attached hydrogen (secondary N) is 2. The van der Waals surface area contributed by atoms with Crippen LogP contribution in [0.4, 0.5) is 11.4 Å². The number of anilines is 2. The molecule has 8 nitrogen and oxygen atoms in total. The van der Waals surface area contributed by atoms with Gasteiger partial charge in [0.05, 0.1) is 14.2 Å². The summed E-state index contributed by atoms with van der Waals surface area (Å²) in [5.74, 6) is -0.718. The van der Waals surface area contributed by atoms with Gasteiger partial charge in [-0.3, -0.25) is 14.4 Å².